The molecule has 0 saturated heterocycles. The van der Waals surface area contributed by atoms with E-state index in [-0.39, 0.29) is 26.4 Å². The van der Waals surface area contributed by atoms with Crippen molar-refractivity contribution < 1.29 is 47.5 Å². The fourth-order valence-corrected chi connectivity index (χ4v) is 4.18. The van der Waals surface area contributed by atoms with Gasteiger partial charge in [0.2, 0.25) is 0 Å². The van der Waals surface area contributed by atoms with Gasteiger partial charge >= 0.3 is 11.9 Å². The Morgan fingerprint density at radius 3 is 1.68 bits per heavy atom. The van der Waals surface area contributed by atoms with E-state index in [0.29, 0.717) is 74.1 Å². The number of hydrogen-bond acceptors (Lipinski definition) is 12. The van der Waals surface area contributed by atoms with Gasteiger partial charge in [-0.2, -0.15) is 0 Å². The molecule has 0 atom stereocenters. The van der Waals surface area contributed by atoms with Crippen molar-refractivity contribution in [3.63, 3.8) is 0 Å². The van der Waals surface area contributed by atoms with Gasteiger partial charge in [-0.25, -0.2) is 9.59 Å². The van der Waals surface area contributed by atoms with Gasteiger partial charge in [0.25, 0.3) is 0 Å². The molecular weight excluding hydrogens is 488 g/mol. The number of cyclic esters (lactones) is 2. The van der Waals surface area contributed by atoms with Crippen molar-refractivity contribution in [1.29, 1.82) is 0 Å². The lowest BCUT2D eigenvalue weighted by Crippen LogP contribution is -2.16. The van der Waals surface area contributed by atoms with Gasteiger partial charge in [0.15, 0.2) is 9.94 Å². The molecule has 2 aromatic heterocycles. The lowest BCUT2D eigenvalue weighted by atomic mass is 10.3. The first-order valence-electron chi connectivity index (χ1n) is 10.8. The van der Waals surface area contributed by atoms with Crippen LogP contribution in [0.1, 0.15) is 20.0 Å². The standard InChI is InChI=1S/C22H28O10S2/c23-20-17-1-15-34-22(17)32-14-10-28-6-3-25-7-11-29-18-2-16-33-19(18)21(24)31-13-9-27-5-4-26-8-12-30-20/h1-2,15-16H,3-14H2. The Bertz CT molecular complexity index is 795. The van der Waals surface area contributed by atoms with Gasteiger partial charge in [-0.3, -0.25) is 0 Å². The van der Waals surface area contributed by atoms with Gasteiger partial charge in [0.1, 0.15) is 37.7 Å². The van der Waals surface area contributed by atoms with Crippen molar-refractivity contribution in [2.75, 3.05) is 79.3 Å². The third-order valence-electron chi connectivity index (χ3n) is 4.28. The Kier molecular flexibility index (Phi) is 12.1. The minimum atomic E-state index is -0.468. The first-order valence-corrected chi connectivity index (χ1v) is 12.6. The molecule has 10 nitrogen and oxygen atoms in total. The van der Waals surface area contributed by atoms with Gasteiger partial charge in [-0.15, -0.1) is 22.7 Å². The zero-order valence-electron chi connectivity index (χ0n) is 18.7. The smallest absolute Gasteiger partial charge is 0.352 e. The number of rotatable bonds is 0. The minimum absolute atomic E-state index is 0.111. The van der Waals surface area contributed by atoms with E-state index in [2.05, 4.69) is 0 Å². The van der Waals surface area contributed by atoms with Crippen LogP contribution in [0, 0.1) is 0 Å². The van der Waals surface area contributed by atoms with Crippen molar-refractivity contribution in [2.45, 2.75) is 0 Å². The summed E-state index contributed by atoms with van der Waals surface area (Å²) >= 11 is 2.57. The van der Waals surface area contributed by atoms with Crippen LogP contribution < -0.4 is 9.47 Å². The average Bonchev–Trinajstić information content (AvgIpc) is 3.50. The summed E-state index contributed by atoms with van der Waals surface area (Å²) in [4.78, 5) is 24.9. The van der Waals surface area contributed by atoms with E-state index < -0.39 is 11.9 Å². The second-order valence-corrected chi connectivity index (χ2v) is 8.45. The van der Waals surface area contributed by atoms with Crippen LogP contribution in [-0.4, -0.2) is 91.2 Å². The number of esters is 2. The maximum Gasteiger partial charge on any atom is 0.352 e. The van der Waals surface area contributed by atoms with E-state index in [1.54, 1.807) is 22.9 Å². The highest BCUT2D eigenvalue weighted by Crippen LogP contribution is 2.27. The van der Waals surface area contributed by atoms with Crippen LogP contribution in [0.15, 0.2) is 22.9 Å². The predicted molar refractivity (Wildman–Crippen MR) is 123 cm³/mol. The summed E-state index contributed by atoms with van der Waals surface area (Å²) in [6.45, 7) is 3.41. The number of carbonyl (C=O) groups excluding carboxylic acids is 2. The van der Waals surface area contributed by atoms with E-state index in [1.807, 2.05) is 0 Å². The number of hydrogen-bond donors (Lipinski definition) is 0. The molecule has 0 saturated carbocycles. The molecule has 3 rings (SSSR count). The summed E-state index contributed by atoms with van der Waals surface area (Å²) in [6, 6.07) is 3.39. The molecule has 12 heteroatoms. The summed E-state index contributed by atoms with van der Waals surface area (Å²) in [5.74, 6) is -0.459. The van der Waals surface area contributed by atoms with E-state index in [4.69, 9.17) is 37.9 Å². The molecule has 1 aliphatic heterocycles. The number of fused-ring (bicyclic) bond motifs is 2. The first kappa shape index (κ1) is 26.4. The fraction of sp³-hybridized carbons (Fsp3) is 0.545. The Labute approximate surface area is 205 Å². The molecule has 2 aromatic rings. The van der Waals surface area contributed by atoms with Crippen LogP contribution in [0.25, 0.3) is 0 Å². The lowest BCUT2D eigenvalue weighted by Gasteiger charge is -2.10. The molecule has 0 amide bonds. The molecule has 34 heavy (non-hydrogen) atoms. The van der Waals surface area contributed by atoms with E-state index >= 15 is 0 Å². The molecule has 1 aliphatic rings. The molecule has 188 valence electrons. The van der Waals surface area contributed by atoms with Crippen LogP contribution in [0.5, 0.6) is 10.8 Å². The third-order valence-corrected chi connectivity index (χ3v) is 5.98. The maximum atomic E-state index is 12.2. The Morgan fingerprint density at radius 1 is 0.529 bits per heavy atom. The Hall–Kier alpha value is -2.22. The van der Waals surface area contributed by atoms with Gasteiger partial charge in [0.05, 0.1) is 52.9 Å². The zero-order valence-corrected chi connectivity index (χ0v) is 20.3. The second-order valence-electron chi connectivity index (χ2n) is 6.65. The van der Waals surface area contributed by atoms with Gasteiger partial charge in [0, 0.05) is 0 Å². The molecule has 0 unspecified atom stereocenters. The highest BCUT2D eigenvalue weighted by molar-refractivity contribution is 7.12. The van der Waals surface area contributed by atoms with Crippen LogP contribution in [0.3, 0.4) is 0 Å². The van der Waals surface area contributed by atoms with E-state index in [0.717, 1.165) is 0 Å². The molecular formula is C22H28O10S2. The monoisotopic (exact) mass is 516 g/mol. The van der Waals surface area contributed by atoms with Gasteiger partial charge in [-0.1, -0.05) is 0 Å². The topological polar surface area (TPSA) is 108 Å². The largest absolute Gasteiger partial charge is 0.489 e. The second kappa shape index (κ2) is 15.6. The molecule has 0 N–H and O–H groups in total. The van der Waals surface area contributed by atoms with Crippen LogP contribution >= 0.6 is 22.7 Å². The number of thiophene rings is 2. The zero-order chi connectivity index (χ0) is 23.8. The molecule has 0 radical (unpaired) electrons. The highest BCUT2D eigenvalue weighted by atomic mass is 32.1. The normalized spacial score (nSPS) is 18.9. The van der Waals surface area contributed by atoms with Crippen molar-refractivity contribution in [1.82, 2.24) is 0 Å². The Balaban J connectivity index is 1.44. The molecule has 0 bridgehead atoms. The minimum Gasteiger partial charge on any atom is -0.489 e. The van der Waals surface area contributed by atoms with Crippen LogP contribution in [-0.2, 0) is 28.4 Å². The number of carbonyl (C=O) groups is 2. The lowest BCUT2D eigenvalue weighted by molar-refractivity contribution is 0.00203. The SMILES string of the molecule is O=C1OCCOCCOCCOC(=O)c2sccc2OCCOCCOCCOc2sccc21. The summed E-state index contributed by atoms with van der Waals surface area (Å²) in [5.41, 5.74) is 0.376. The average molecular weight is 517 g/mol. The summed E-state index contributed by atoms with van der Waals surface area (Å²) < 4.78 is 43.5. The van der Waals surface area contributed by atoms with Crippen molar-refractivity contribution in [3.8, 4) is 10.8 Å². The molecule has 0 aromatic carbocycles. The predicted octanol–water partition coefficient (Wildman–Crippen LogP) is 2.66. The summed E-state index contributed by atoms with van der Waals surface area (Å²) in [5, 5.41) is 4.03. The quantitative estimate of drug-likeness (QED) is 0.485. The summed E-state index contributed by atoms with van der Waals surface area (Å²) in [6.07, 6.45) is 0. The maximum absolute atomic E-state index is 12.2. The van der Waals surface area contributed by atoms with Gasteiger partial charge < -0.3 is 37.9 Å². The molecule has 0 spiro atoms. The van der Waals surface area contributed by atoms with Crippen LogP contribution in [0.2, 0.25) is 0 Å². The van der Waals surface area contributed by atoms with E-state index in [1.165, 1.54) is 22.7 Å². The van der Waals surface area contributed by atoms with Gasteiger partial charge in [-0.05, 0) is 22.9 Å². The molecule has 0 aliphatic carbocycles. The highest BCUT2D eigenvalue weighted by Gasteiger charge is 2.17. The fourth-order valence-electron chi connectivity index (χ4n) is 2.70. The Morgan fingerprint density at radius 2 is 1.03 bits per heavy atom. The molecule has 0 fully saturated rings. The third kappa shape index (κ3) is 9.20. The molecule has 3 heterocycles. The van der Waals surface area contributed by atoms with Crippen molar-refractivity contribution >= 4 is 34.6 Å². The first-order chi connectivity index (χ1) is 16.8. The number of ether oxygens (including phenoxy) is 8. The van der Waals surface area contributed by atoms with Crippen LogP contribution in [0.4, 0.5) is 0 Å². The summed E-state index contributed by atoms with van der Waals surface area (Å²) in [7, 11) is 0. The van der Waals surface area contributed by atoms with E-state index in [9.17, 15) is 9.59 Å². The van der Waals surface area contributed by atoms with Crippen molar-refractivity contribution in [2.24, 2.45) is 0 Å². The van der Waals surface area contributed by atoms with Crippen molar-refractivity contribution in [3.05, 3.63) is 33.3 Å².